The molecule has 9 nitrogen and oxygen atoms in total. The first-order chi connectivity index (χ1) is 14.6. The number of carbonyl (C=O) groups excluding carboxylic acids is 1. The second kappa shape index (κ2) is 9.57. The summed E-state index contributed by atoms with van der Waals surface area (Å²) in [5, 5.41) is 8.93. The fraction of sp³-hybridized carbons (Fsp3) is 0.190. The third-order valence-electron chi connectivity index (χ3n) is 3.99. The first-order valence-electron chi connectivity index (χ1n) is 8.98. The second-order valence-corrected chi connectivity index (χ2v) is 5.95. The highest BCUT2D eigenvalue weighted by Crippen LogP contribution is 2.38. The highest BCUT2D eigenvalue weighted by atomic mass is 16.5. The maximum Gasteiger partial charge on any atom is 0.271 e. The molecule has 9 heteroatoms. The van der Waals surface area contributed by atoms with Crippen molar-refractivity contribution >= 4 is 5.91 Å². The summed E-state index contributed by atoms with van der Waals surface area (Å²) < 4.78 is 21.9. The van der Waals surface area contributed by atoms with Gasteiger partial charge in [-0.15, -0.1) is 0 Å². The lowest BCUT2D eigenvalue weighted by Gasteiger charge is -2.15. The number of nitrogens with two attached hydrogens (primary N) is 1. The minimum atomic E-state index is -0.811. The molecule has 156 valence electrons. The predicted molar refractivity (Wildman–Crippen MR) is 108 cm³/mol. The van der Waals surface area contributed by atoms with Gasteiger partial charge in [0.15, 0.2) is 23.0 Å². The van der Waals surface area contributed by atoms with Gasteiger partial charge in [-0.25, -0.2) is 4.98 Å². The number of aliphatic hydroxyl groups is 1. The number of hydrogen-bond acceptors (Lipinski definition) is 8. The molecule has 0 fully saturated rings. The van der Waals surface area contributed by atoms with E-state index in [9.17, 15) is 4.79 Å². The zero-order valence-electron chi connectivity index (χ0n) is 16.5. The third-order valence-corrected chi connectivity index (χ3v) is 3.99. The average molecular weight is 411 g/mol. The van der Waals surface area contributed by atoms with Gasteiger partial charge in [-0.05, 0) is 24.3 Å². The zero-order valence-corrected chi connectivity index (χ0v) is 16.5. The number of ether oxygens (including phenoxy) is 4. The van der Waals surface area contributed by atoms with Crippen LogP contribution in [0.1, 0.15) is 10.5 Å². The largest absolute Gasteiger partial charge is 0.493 e. The molecule has 0 aliphatic rings. The Morgan fingerprint density at radius 1 is 1.03 bits per heavy atom. The Balaban J connectivity index is 2.07. The number of aromatic nitrogens is 2. The number of amides is 1. The summed E-state index contributed by atoms with van der Waals surface area (Å²) >= 11 is 0. The van der Waals surface area contributed by atoms with Crippen LogP contribution in [0.5, 0.6) is 28.9 Å². The van der Waals surface area contributed by atoms with Crippen molar-refractivity contribution in [1.82, 2.24) is 9.97 Å². The molecule has 0 atom stereocenters. The van der Waals surface area contributed by atoms with E-state index < -0.39 is 5.91 Å². The van der Waals surface area contributed by atoms with Crippen LogP contribution in [-0.4, -0.2) is 48.4 Å². The fourth-order valence-corrected chi connectivity index (χ4v) is 2.66. The molecule has 0 unspecified atom stereocenters. The van der Waals surface area contributed by atoms with Gasteiger partial charge in [0.05, 0.1) is 20.8 Å². The van der Waals surface area contributed by atoms with E-state index in [1.165, 1.54) is 14.2 Å². The Bertz CT molecular complexity index is 1040. The number of nitrogens with zero attached hydrogens (tertiary/aromatic N) is 2. The van der Waals surface area contributed by atoms with E-state index in [0.717, 1.165) is 0 Å². The van der Waals surface area contributed by atoms with Crippen molar-refractivity contribution in [3.8, 4) is 40.3 Å². The Hall–Kier alpha value is -3.85. The minimum absolute atomic E-state index is 0.0223. The molecule has 2 aromatic carbocycles. The molecule has 0 spiro atoms. The standard InChI is InChI=1S/C21H21N3O6/c1-27-15-8-3-4-9-16(15)30-18-17(19(22)26)23-20(24-21(18)28-2)13-6-5-7-14(12-13)29-11-10-25/h3-9,12,25H,10-11H2,1-2H3,(H2,22,26). The molecule has 3 rings (SSSR count). The van der Waals surface area contributed by atoms with Crippen LogP contribution in [0, 0.1) is 0 Å². The Morgan fingerprint density at radius 3 is 2.47 bits per heavy atom. The first-order valence-corrected chi connectivity index (χ1v) is 8.98. The van der Waals surface area contributed by atoms with Crippen LogP contribution >= 0.6 is 0 Å². The van der Waals surface area contributed by atoms with Crippen molar-refractivity contribution in [2.24, 2.45) is 5.73 Å². The lowest BCUT2D eigenvalue weighted by Crippen LogP contribution is -2.16. The number of methoxy groups -OCH3 is 2. The van der Waals surface area contributed by atoms with Crippen molar-refractivity contribution in [2.45, 2.75) is 0 Å². The van der Waals surface area contributed by atoms with E-state index in [0.29, 0.717) is 22.8 Å². The normalized spacial score (nSPS) is 10.4. The molecule has 0 radical (unpaired) electrons. The SMILES string of the molecule is COc1ccccc1Oc1c(OC)nc(-c2cccc(OCCO)c2)nc1C(N)=O. The lowest BCUT2D eigenvalue weighted by atomic mass is 10.2. The number of rotatable bonds is 9. The quantitative estimate of drug-likeness (QED) is 0.550. The van der Waals surface area contributed by atoms with Crippen LogP contribution in [-0.2, 0) is 0 Å². The van der Waals surface area contributed by atoms with Crippen LogP contribution in [0.15, 0.2) is 48.5 Å². The van der Waals surface area contributed by atoms with E-state index in [4.69, 9.17) is 29.8 Å². The molecule has 30 heavy (non-hydrogen) atoms. The first kappa shape index (κ1) is 20.9. The van der Waals surface area contributed by atoms with E-state index in [1.54, 1.807) is 48.5 Å². The summed E-state index contributed by atoms with van der Waals surface area (Å²) in [7, 11) is 2.90. The van der Waals surface area contributed by atoms with Crippen LogP contribution in [0.2, 0.25) is 0 Å². The van der Waals surface area contributed by atoms with Gasteiger partial charge in [-0.2, -0.15) is 4.98 Å². The van der Waals surface area contributed by atoms with Gasteiger partial charge in [0, 0.05) is 5.56 Å². The molecule has 3 aromatic rings. The Morgan fingerprint density at radius 2 is 1.80 bits per heavy atom. The van der Waals surface area contributed by atoms with Gasteiger partial charge >= 0.3 is 0 Å². The number of primary amides is 1. The molecule has 0 saturated heterocycles. The van der Waals surface area contributed by atoms with Gasteiger partial charge in [0.25, 0.3) is 11.8 Å². The topological polar surface area (TPSA) is 126 Å². The summed E-state index contributed by atoms with van der Waals surface area (Å²) in [6.07, 6.45) is 0. The van der Waals surface area contributed by atoms with Crippen LogP contribution in [0.3, 0.4) is 0 Å². The molecule has 0 bridgehead atoms. The molecular weight excluding hydrogens is 390 g/mol. The average Bonchev–Trinajstić information content (AvgIpc) is 2.78. The van der Waals surface area contributed by atoms with Crippen molar-refractivity contribution < 1.29 is 28.8 Å². The third kappa shape index (κ3) is 4.58. The van der Waals surface area contributed by atoms with Crippen molar-refractivity contribution in [3.63, 3.8) is 0 Å². The van der Waals surface area contributed by atoms with Crippen molar-refractivity contribution in [1.29, 1.82) is 0 Å². The summed E-state index contributed by atoms with van der Waals surface area (Å²) in [4.78, 5) is 20.8. The van der Waals surface area contributed by atoms with E-state index in [2.05, 4.69) is 9.97 Å². The lowest BCUT2D eigenvalue weighted by molar-refractivity contribution is 0.0992. The highest BCUT2D eigenvalue weighted by molar-refractivity contribution is 5.95. The number of aliphatic hydroxyl groups excluding tert-OH is 1. The number of carbonyl (C=O) groups is 1. The maximum absolute atomic E-state index is 12.1. The van der Waals surface area contributed by atoms with Crippen molar-refractivity contribution in [3.05, 3.63) is 54.2 Å². The van der Waals surface area contributed by atoms with Crippen molar-refractivity contribution in [2.75, 3.05) is 27.4 Å². The number of hydrogen-bond donors (Lipinski definition) is 2. The van der Waals surface area contributed by atoms with E-state index in [-0.39, 0.29) is 36.4 Å². The fourth-order valence-electron chi connectivity index (χ4n) is 2.66. The Kier molecular flexibility index (Phi) is 6.66. The van der Waals surface area contributed by atoms with Gasteiger partial charge in [0.2, 0.25) is 5.75 Å². The Labute approximate surface area is 173 Å². The van der Waals surface area contributed by atoms with E-state index >= 15 is 0 Å². The molecule has 1 amide bonds. The zero-order chi connectivity index (χ0) is 21.5. The van der Waals surface area contributed by atoms with E-state index in [1.807, 2.05) is 0 Å². The number of benzene rings is 2. The van der Waals surface area contributed by atoms with Crippen LogP contribution in [0.25, 0.3) is 11.4 Å². The molecule has 0 aliphatic carbocycles. The highest BCUT2D eigenvalue weighted by Gasteiger charge is 2.23. The van der Waals surface area contributed by atoms with Gasteiger partial charge in [-0.3, -0.25) is 4.79 Å². The summed E-state index contributed by atoms with van der Waals surface area (Å²) in [5.74, 6) is 0.702. The molecule has 3 N–H and O–H groups in total. The number of para-hydroxylation sites is 2. The van der Waals surface area contributed by atoms with Gasteiger partial charge in [-0.1, -0.05) is 24.3 Å². The van der Waals surface area contributed by atoms with Gasteiger partial charge < -0.3 is 29.8 Å². The smallest absolute Gasteiger partial charge is 0.271 e. The monoisotopic (exact) mass is 411 g/mol. The van der Waals surface area contributed by atoms with Crippen LogP contribution < -0.4 is 24.7 Å². The predicted octanol–water partition coefficient (Wildman–Crippen LogP) is 2.42. The van der Waals surface area contributed by atoms with Gasteiger partial charge in [0.1, 0.15) is 12.4 Å². The molecule has 1 aromatic heterocycles. The molecular formula is C21H21N3O6. The minimum Gasteiger partial charge on any atom is -0.493 e. The summed E-state index contributed by atoms with van der Waals surface area (Å²) in [6.45, 7) is 0.0290. The second-order valence-electron chi connectivity index (χ2n) is 5.95. The summed E-state index contributed by atoms with van der Waals surface area (Å²) in [6, 6.07) is 13.8. The molecule has 1 heterocycles. The molecule has 0 saturated carbocycles. The summed E-state index contributed by atoms with van der Waals surface area (Å²) in [5.41, 5.74) is 5.97. The van der Waals surface area contributed by atoms with Crippen LogP contribution in [0.4, 0.5) is 0 Å². The maximum atomic E-state index is 12.1. The molecule has 0 aliphatic heterocycles.